The van der Waals surface area contributed by atoms with Crippen molar-refractivity contribution in [3.05, 3.63) is 40.9 Å². The van der Waals surface area contributed by atoms with Crippen molar-refractivity contribution in [2.45, 2.75) is 33.2 Å². The molecule has 0 aliphatic carbocycles. The van der Waals surface area contributed by atoms with Gasteiger partial charge < -0.3 is 9.55 Å². The van der Waals surface area contributed by atoms with Gasteiger partial charge in [-0.2, -0.15) is 4.31 Å². The number of pyridine rings is 2. The Morgan fingerprint density at radius 3 is 2.82 bits per heavy atom. The molecule has 2 unspecified atom stereocenters. The normalized spacial score (nSPS) is 21.7. The fourth-order valence-electron chi connectivity index (χ4n) is 4.20. The first-order chi connectivity index (χ1) is 13.3. The summed E-state index contributed by atoms with van der Waals surface area (Å²) in [6.45, 7) is 6.96. The number of H-pyrrole nitrogens is 1. The van der Waals surface area contributed by atoms with Crippen molar-refractivity contribution in [3.63, 3.8) is 0 Å². The minimum Gasteiger partial charge on any atom is -0.346 e. The van der Waals surface area contributed by atoms with Gasteiger partial charge in [0.1, 0.15) is 5.65 Å². The minimum atomic E-state index is -3.30. The molecule has 150 valence electrons. The number of aromatic nitrogens is 3. The molecule has 0 saturated carbocycles. The number of piperidine rings is 1. The summed E-state index contributed by atoms with van der Waals surface area (Å²) in [5.74, 6) is 0.533. The molecule has 3 aromatic heterocycles. The van der Waals surface area contributed by atoms with Gasteiger partial charge in [0.25, 0.3) is 0 Å². The Bertz CT molecular complexity index is 1180. The maximum absolute atomic E-state index is 12.8. The van der Waals surface area contributed by atoms with Crippen molar-refractivity contribution in [2.75, 3.05) is 18.8 Å². The molecule has 0 amide bonds. The lowest BCUT2D eigenvalue weighted by Crippen LogP contribution is -2.45. The van der Waals surface area contributed by atoms with Crippen LogP contribution in [0.5, 0.6) is 0 Å². The van der Waals surface area contributed by atoms with Crippen molar-refractivity contribution in [2.24, 2.45) is 11.8 Å². The molecule has 0 radical (unpaired) electrons. The van der Waals surface area contributed by atoms with Gasteiger partial charge in [-0.25, -0.2) is 13.4 Å². The van der Waals surface area contributed by atoms with Crippen LogP contribution in [0.25, 0.3) is 21.9 Å². The van der Waals surface area contributed by atoms with Crippen LogP contribution < -0.4 is 5.43 Å². The van der Waals surface area contributed by atoms with Crippen LogP contribution in [0.3, 0.4) is 0 Å². The Kier molecular flexibility index (Phi) is 4.79. The average Bonchev–Trinajstić information content (AvgIpc) is 3.10. The number of hydrogen-bond donors (Lipinski definition) is 1. The highest BCUT2D eigenvalue weighted by atomic mass is 32.2. The fraction of sp³-hybridized carbons (Fsp3) is 0.500. The van der Waals surface area contributed by atoms with Crippen LogP contribution in [-0.2, 0) is 10.0 Å². The molecule has 4 heterocycles. The number of sulfonamides is 1. The third-order valence-corrected chi connectivity index (χ3v) is 7.85. The van der Waals surface area contributed by atoms with Crippen molar-refractivity contribution in [3.8, 4) is 0 Å². The molecule has 8 heteroatoms. The molecule has 28 heavy (non-hydrogen) atoms. The maximum atomic E-state index is 12.8. The largest absolute Gasteiger partial charge is 0.346 e. The van der Waals surface area contributed by atoms with Crippen LogP contribution in [0.2, 0.25) is 0 Å². The zero-order valence-corrected chi connectivity index (χ0v) is 17.2. The van der Waals surface area contributed by atoms with Gasteiger partial charge in [-0.3, -0.25) is 4.79 Å². The molecular formula is C20H26N4O3S. The minimum absolute atomic E-state index is 0.0423. The Morgan fingerprint density at radius 1 is 1.29 bits per heavy atom. The molecule has 1 fully saturated rings. The number of nitrogens with zero attached hydrogens (tertiary/aromatic N) is 3. The highest BCUT2D eigenvalue weighted by molar-refractivity contribution is 7.89. The van der Waals surface area contributed by atoms with E-state index in [2.05, 4.69) is 21.5 Å². The van der Waals surface area contributed by atoms with E-state index in [1.807, 2.05) is 26.1 Å². The van der Waals surface area contributed by atoms with Gasteiger partial charge in [0, 0.05) is 43.1 Å². The number of nitrogens with one attached hydrogen (secondary N) is 1. The van der Waals surface area contributed by atoms with E-state index in [4.69, 9.17) is 0 Å². The Hall–Kier alpha value is -2.19. The molecule has 7 nitrogen and oxygen atoms in total. The van der Waals surface area contributed by atoms with E-state index < -0.39 is 10.0 Å². The Labute approximate surface area is 164 Å². The first kappa shape index (κ1) is 19.1. The SMILES string of the molecule is CC(C)CS(=O)(=O)N1CCC(C)C(n2ccc(=O)c3cnc4[nH]ccc4c32)C1. The summed E-state index contributed by atoms with van der Waals surface area (Å²) in [4.78, 5) is 19.9. The van der Waals surface area contributed by atoms with Crippen LogP contribution in [0.4, 0.5) is 0 Å². The molecule has 1 aliphatic rings. The zero-order chi connectivity index (χ0) is 20.1. The summed E-state index contributed by atoms with van der Waals surface area (Å²) in [5.41, 5.74) is 1.47. The highest BCUT2D eigenvalue weighted by Crippen LogP contribution is 2.33. The van der Waals surface area contributed by atoms with E-state index in [0.29, 0.717) is 24.4 Å². The highest BCUT2D eigenvalue weighted by Gasteiger charge is 2.34. The Balaban J connectivity index is 1.83. The summed E-state index contributed by atoms with van der Waals surface area (Å²) >= 11 is 0. The van der Waals surface area contributed by atoms with Crippen LogP contribution in [0.15, 0.2) is 35.5 Å². The lowest BCUT2D eigenvalue weighted by Gasteiger charge is -2.38. The molecule has 2 atom stereocenters. The molecule has 1 aliphatic heterocycles. The van der Waals surface area contributed by atoms with Gasteiger partial charge in [-0.1, -0.05) is 20.8 Å². The van der Waals surface area contributed by atoms with Crippen LogP contribution in [0, 0.1) is 11.8 Å². The van der Waals surface area contributed by atoms with Crippen LogP contribution in [0.1, 0.15) is 33.2 Å². The van der Waals surface area contributed by atoms with Crippen molar-refractivity contribution in [1.82, 2.24) is 18.8 Å². The standard InChI is InChI=1S/C20H26N4O3S/c1-13(2)12-28(26,27)23-8-5-14(3)17(11-23)24-9-6-18(25)16-10-22-20-15(19(16)24)4-7-21-20/h4,6-7,9-10,13-14,17H,5,8,11-12H2,1-3H3,(H,21,22). The zero-order valence-electron chi connectivity index (χ0n) is 16.4. The van der Waals surface area contributed by atoms with Gasteiger partial charge >= 0.3 is 0 Å². The fourth-order valence-corrected chi connectivity index (χ4v) is 6.02. The van der Waals surface area contributed by atoms with Crippen molar-refractivity contribution >= 4 is 32.0 Å². The predicted molar refractivity (Wildman–Crippen MR) is 111 cm³/mol. The molecular weight excluding hydrogens is 376 g/mol. The van der Waals surface area contributed by atoms with Gasteiger partial charge in [-0.15, -0.1) is 0 Å². The molecule has 0 spiro atoms. The average molecular weight is 403 g/mol. The third-order valence-electron chi connectivity index (χ3n) is 5.64. The van der Waals surface area contributed by atoms with E-state index in [1.54, 1.807) is 22.8 Å². The Morgan fingerprint density at radius 2 is 2.07 bits per heavy atom. The molecule has 0 aromatic carbocycles. The first-order valence-electron chi connectivity index (χ1n) is 9.72. The topological polar surface area (TPSA) is 88.1 Å². The number of aromatic amines is 1. The first-order valence-corrected chi connectivity index (χ1v) is 11.3. The predicted octanol–water partition coefficient (Wildman–Crippen LogP) is 2.75. The molecule has 3 aromatic rings. The summed E-state index contributed by atoms with van der Waals surface area (Å²) in [5, 5.41) is 1.44. The summed E-state index contributed by atoms with van der Waals surface area (Å²) < 4.78 is 29.3. The van der Waals surface area contributed by atoms with Gasteiger partial charge in [0.2, 0.25) is 10.0 Å². The molecule has 4 rings (SSSR count). The molecule has 0 bridgehead atoms. The lowest BCUT2D eigenvalue weighted by atomic mass is 9.94. The van der Waals surface area contributed by atoms with Crippen LogP contribution >= 0.6 is 0 Å². The van der Waals surface area contributed by atoms with Gasteiger partial charge in [0.05, 0.1) is 22.7 Å². The van der Waals surface area contributed by atoms with E-state index in [0.717, 1.165) is 23.0 Å². The van der Waals surface area contributed by atoms with E-state index in [1.165, 1.54) is 0 Å². The smallest absolute Gasteiger partial charge is 0.214 e. The third kappa shape index (κ3) is 3.24. The second-order valence-electron chi connectivity index (χ2n) is 8.21. The van der Waals surface area contributed by atoms with Crippen molar-refractivity contribution < 1.29 is 8.42 Å². The lowest BCUT2D eigenvalue weighted by molar-refractivity contribution is 0.204. The summed E-state index contributed by atoms with van der Waals surface area (Å²) in [6, 6.07) is 3.43. The van der Waals surface area contributed by atoms with E-state index in [9.17, 15) is 13.2 Å². The van der Waals surface area contributed by atoms with E-state index >= 15 is 0 Å². The second kappa shape index (κ2) is 7.00. The molecule has 1 saturated heterocycles. The number of fused-ring (bicyclic) bond motifs is 3. The number of rotatable bonds is 4. The second-order valence-corrected chi connectivity index (χ2v) is 10.2. The summed E-state index contributed by atoms with van der Waals surface area (Å²) in [6.07, 6.45) is 6.00. The van der Waals surface area contributed by atoms with Crippen LogP contribution in [-0.4, -0.2) is 46.1 Å². The molecule has 1 N–H and O–H groups in total. The van der Waals surface area contributed by atoms with E-state index in [-0.39, 0.29) is 23.1 Å². The number of hydrogen-bond acceptors (Lipinski definition) is 4. The summed E-state index contributed by atoms with van der Waals surface area (Å²) in [7, 11) is -3.30. The van der Waals surface area contributed by atoms with Gasteiger partial charge in [-0.05, 0) is 24.3 Å². The van der Waals surface area contributed by atoms with Gasteiger partial charge in [0.15, 0.2) is 5.43 Å². The van der Waals surface area contributed by atoms with Crippen molar-refractivity contribution in [1.29, 1.82) is 0 Å². The maximum Gasteiger partial charge on any atom is 0.214 e. The monoisotopic (exact) mass is 402 g/mol. The quantitative estimate of drug-likeness (QED) is 0.727.